The van der Waals surface area contributed by atoms with E-state index < -0.39 is 0 Å². The molecule has 1 aliphatic rings. The van der Waals surface area contributed by atoms with Gasteiger partial charge in [-0.15, -0.1) is 0 Å². The zero-order valence-corrected chi connectivity index (χ0v) is 6.71. The van der Waals surface area contributed by atoms with Gasteiger partial charge in [-0.05, 0) is 17.5 Å². The molecule has 0 aromatic heterocycles. The van der Waals surface area contributed by atoms with Crippen LogP contribution in [0.1, 0.15) is 24.2 Å². The van der Waals surface area contributed by atoms with Gasteiger partial charge >= 0.3 is 0 Å². The molecule has 58 valence electrons. The second-order valence-electron chi connectivity index (χ2n) is 2.92. The molecule has 1 heterocycles. The van der Waals surface area contributed by atoms with Gasteiger partial charge in [0.1, 0.15) is 6.10 Å². The molecular formula is C10H12O. The Bertz CT molecular complexity index is 251. The van der Waals surface area contributed by atoms with Gasteiger partial charge in [0.25, 0.3) is 0 Å². The van der Waals surface area contributed by atoms with Crippen LogP contribution in [-0.2, 0) is 11.2 Å². The van der Waals surface area contributed by atoms with Crippen molar-refractivity contribution in [2.45, 2.75) is 19.4 Å². The number of benzene rings is 1. The Hall–Kier alpha value is -0.820. The molecule has 0 spiro atoms. The number of ether oxygens (including phenoxy) is 1. The number of hydrogen-bond donors (Lipinski definition) is 0. The molecule has 0 aliphatic carbocycles. The van der Waals surface area contributed by atoms with Crippen molar-refractivity contribution < 1.29 is 4.74 Å². The van der Waals surface area contributed by atoms with Crippen molar-refractivity contribution >= 4 is 0 Å². The van der Waals surface area contributed by atoms with Gasteiger partial charge in [-0.25, -0.2) is 0 Å². The molecule has 1 atom stereocenters. The van der Waals surface area contributed by atoms with E-state index in [1.54, 1.807) is 0 Å². The number of hydrogen-bond acceptors (Lipinski definition) is 1. The molecule has 0 radical (unpaired) electrons. The lowest BCUT2D eigenvalue weighted by Crippen LogP contribution is -1.84. The second kappa shape index (κ2) is 2.67. The predicted molar refractivity (Wildman–Crippen MR) is 44.5 cm³/mol. The summed E-state index contributed by atoms with van der Waals surface area (Å²) in [6.45, 7) is 3.08. The Labute approximate surface area is 67.0 Å². The highest BCUT2D eigenvalue weighted by Gasteiger charge is 2.24. The highest BCUT2D eigenvalue weighted by atomic mass is 16.6. The summed E-state index contributed by atoms with van der Waals surface area (Å²) in [5, 5.41) is 0. The van der Waals surface area contributed by atoms with E-state index in [2.05, 4.69) is 31.2 Å². The molecular weight excluding hydrogens is 136 g/mol. The minimum atomic E-state index is 0.404. The summed E-state index contributed by atoms with van der Waals surface area (Å²) in [4.78, 5) is 0. The highest BCUT2D eigenvalue weighted by Crippen LogP contribution is 2.29. The summed E-state index contributed by atoms with van der Waals surface area (Å²) < 4.78 is 5.19. The molecule has 0 unspecified atom stereocenters. The largest absolute Gasteiger partial charge is 0.368 e. The van der Waals surface area contributed by atoms with Crippen LogP contribution in [0.4, 0.5) is 0 Å². The number of epoxide rings is 1. The molecule has 0 N–H and O–H groups in total. The molecule has 2 rings (SSSR count). The van der Waals surface area contributed by atoms with Crippen LogP contribution in [0, 0.1) is 0 Å². The van der Waals surface area contributed by atoms with E-state index in [-0.39, 0.29) is 0 Å². The molecule has 1 aromatic rings. The Balaban J connectivity index is 2.26. The lowest BCUT2D eigenvalue weighted by Gasteiger charge is -1.98. The summed E-state index contributed by atoms with van der Waals surface area (Å²) in [6.07, 6.45) is 1.52. The average Bonchev–Trinajstić information content (AvgIpc) is 2.87. The maximum Gasteiger partial charge on any atom is 0.106 e. The first-order chi connectivity index (χ1) is 5.40. The molecule has 0 saturated carbocycles. The fraction of sp³-hybridized carbons (Fsp3) is 0.400. The topological polar surface area (TPSA) is 12.5 Å². The van der Waals surface area contributed by atoms with Gasteiger partial charge < -0.3 is 4.74 Å². The second-order valence-corrected chi connectivity index (χ2v) is 2.92. The van der Waals surface area contributed by atoms with Crippen LogP contribution in [-0.4, -0.2) is 6.61 Å². The Morgan fingerprint density at radius 1 is 1.55 bits per heavy atom. The predicted octanol–water partition coefficient (Wildman–Crippen LogP) is 2.32. The molecule has 1 heteroatoms. The first kappa shape index (κ1) is 6.86. The van der Waals surface area contributed by atoms with Gasteiger partial charge in [-0.2, -0.15) is 0 Å². The lowest BCUT2D eigenvalue weighted by atomic mass is 10.1. The van der Waals surface area contributed by atoms with Crippen LogP contribution in [0.15, 0.2) is 24.3 Å². The molecule has 11 heavy (non-hydrogen) atoms. The van der Waals surface area contributed by atoms with E-state index in [1.165, 1.54) is 11.1 Å². The third kappa shape index (κ3) is 1.43. The molecule has 1 aromatic carbocycles. The Morgan fingerprint density at radius 3 is 3.00 bits per heavy atom. The SMILES string of the molecule is CCc1cccc([C@H]2CO2)c1. The van der Waals surface area contributed by atoms with Crippen molar-refractivity contribution in [3.63, 3.8) is 0 Å². The zero-order chi connectivity index (χ0) is 7.68. The summed E-state index contributed by atoms with van der Waals surface area (Å²) in [5.41, 5.74) is 2.74. The van der Waals surface area contributed by atoms with Crippen molar-refractivity contribution in [2.24, 2.45) is 0 Å². The van der Waals surface area contributed by atoms with Crippen LogP contribution >= 0.6 is 0 Å². The van der Waals surface area contributed by atoms with E-state index in [9.17, 15) is 0 Å². The monoisotopic (exact) mass is 148 g/mol. The van der Waals surface area contributed by atoms with Gasteiger partial charge in [-0.3, -0.25) is 0 Å². The molecule has 0 bridgehead atoms. The minimum absolute atomic E-state index is 0.404. The molecule has 1 aliphatic heterocycles. The summed E-state index contributed by atoms with van der Waals surface area (Å²) in [5.74, 6) is 0. The van der Waals surface area contributed by atoms with E-state index in [0.29, 0.717) is 6.10 Å². The molecule has 1 nitrogen and oxygen atoms in total. The van der Waals surface area contributed by atoms with Crippen LogP contribution in [0.3, 0.4) is 0 Å². The standard InChI is InChI=1S/C10H12O/c1-2-8-4-3-5-9(6-8)10-7-11-10/h3-6,10H,2,7H2,1H3/t10-/m1/s1. The highest BCUT2D eigenvalue weighted by molar-refractivity contribution is 5.26. The fourth-order valence-electron chi connectivity index (χ4n) is 1.25. The Morgan fingerprint density at radius 2 is 2.36 bits per heavy atom. The summed E-state index contributed by atoms with van der Waals surface area (Å²) in [7, 11) is 0. The van der Waals surface area contributed by atoms with Gasteiger partial charge in [0.15, 0.2) is 0 Å². The van der Waals surface area contributed by atoms with E-state index in [0.717, 1.165) is 13.0 Å². The first-order valence-electron chi connectivity index (χ1n) is 4.10. The van der Waals surface area contributed by atoms with Crippen LogP contribution < -0.4 is 0 Å². The van der Waals surface area contributed by atoms with Crippen LogP contribution in [0.2, 0.25) is 0 Å². The Kier molecular flexibility index (Phi) is 1.66. The fourth-order valence-corrected chi connectivity index (χ4v) is 1.25. The van der Waals surface area contributed by atoms with Crippen LogP contribution in [0.25, 0.3) is 0 Å². The molecule has 0 amide bonds. The third-order valence-corrected chi connectivity index (χ3v) is 2.06. The van der Waals surface area contributed by atoms with Gasteiger partial charge in [0.05, 0.1) is 6.61 Å². The smallest absolute Gasteiger partial charge is 0.106 e. The van der Waals surface area contributed by atoms with Crippen molar-refractivity contribution in [1.82, 2.24) is 0 Å². The lowest BCUT2D eigenvalue weighted by molar-refractivity contribution is 0.415. The van der Waals surface area contributed by atoms with Gasteiger partial charge in [-0.1, -0.05) is 31.2 Å². The molecule has 1 saturated heterocycles. The van der Waals surface area contributed by atoms with E-state index in [1.807, 2.05) is 0 Å². The van der Waals surface area contributed by atoms with Crippen molar-refractivity contribution in [3.05, 3.63) is 35.4 Å². The van der Waals surface area contributed by atoms with E-state index >= 15 is 0 Å². The minimum Gasteiger partial charge on any atom is -0.368 e. The molecule has 1 fully saturated rings. The maximum atomic E-state index is 5.19. The third-order valence-electron chi connectivity index (χ3n) is 2.06. The first-order valence-corrected chi connectivity index (χ1v) is 4.10. The quantitative estimate of drug-likeness (QED) is 0.586. The average molecular weight is 148 g/mol. The summed E-state index contributed by atoms with van der Waals surface area (Å²) >= 11 is 0. The van der Waals surface area contributed by atoms with Crippen LogP contribution in [0.5, 0.6) is 0 Å². The maximum absolute atomic E-state index is 5.19. The number of aryl methyl sites for hydroxylation is 1. The van der Waals surface area contributed by atoms with Crippen molar-refractivity contribution in [3.8, 4) is 0 Å². The zero-order valence-electron chi connectivity index (χ0n) is 6.71. The number of rotatable bonds is 2. The van der Waals surface area contributed by atoms with Crippen molar-refractivity contribution in [1.29, 1.82) is 0 Å². The normalized spacial score (nSPS) is 21.7. The van der Waals surface area contributed by atoms with E-state index in [4.69, 9.17) is 4.74 Å². The summed E-state index contributed by atoms with van der Waals surface area (Å²) in [6, 6.07) is 8.64. The van der Waals surface area contributed by atoms with Crippen molar-refractivity contribution in [2.75, 3.05) is 6.61 Å². The van der Waals surface area contributed by atoms with Gasteiger partial charge in [0.2, 0.25) is 0 Å². The van der Waals surface area contributed by atoms with Gasteiger partial charge in [0, 0.05) is 0 Å².